The molecule has 194 valence electrons. The monoisotopic (exact) mass is 518 g/mol. The van der Waals surface area contributed by atoms with Gasteiger partial charge in [-0.2, -0.15) is 0 Å². The molecule has 37 heavy (non-hydrogen) atoms. The van der Waals surface area contributed by atoms with Crippen LogP contribution in [-0.4, -0.2) is 34.8 Å². The average molecular weight is 519 g/mol. The molecule has 7 nitrogen and oxygen atoms in total. The summed E-state index contributed by atoms with van der Waals surface area (Å²) in [5, 5.41) is 3.62. The van der Waals surface area contributed by atoms with Gasteiger partial charge >= 0.3 is 0 Å². The third-order valence-electron chi connectivity index (χ3n) is 6.55. The summed E-state index contributed by atoms with van der Waals surface area (Å²) in [4.78, 5) is 34.8. The molecular formula is C29H34N4O3S. The van der Waals surface area contributed by atoms with Crippen molar-refractivity contribution in [3.8, 4) is 11.3 Å². The number of nitrogen functional groups attached to an aromatic ring is 1. The molecule has 2 amide bonds. The number of furan rings is 1. The van der Waals surface area contributed by atoms with Crippen LogP contribution in [0.1, 0.15) is 69.3 Å². The van der Waals surface area contributed by atoms with Crippen LogP contribution in [0.25, 0.3) is 21.5 Å². The molecule has 1 aromatic carbocycles. The van der Waals surface area contributed by atoms with Gasteiger partial charge in [-0.3, -0.25) is 9.59 Å². The maximum absolute atomic E-state index is 13.7. The molecular weight excluding hydrogens is 484 g/mol. The highest BCUT2D eigenvalue weighted by Crippen LogP contribution is 2.43. The van der Waals surface area contributed by atoms with Crippen LogP contribution in [-0.2, 0) is 0 Å². The molecule has 8 heteroatoms. The molecule has 0 fully saturated rings. The number of unbranched alkanes of at least 4 members (excludes halogenated alkanes) is 1. The Morgan fingerprint density at radius 2 is 1.86 bits per heavy atom. The second-order valence-electron chi connectivity index (χ2n) is 9.39. The second-order valence-corrected chi connectivity index (χ2v) is 10.4. The van der Waals surface area contributed by atoms with Crippen molar-refractivity contribution in [2.75, 3.05) is 24.1 Å². The normalized spacial score (nSPS) is 11.2. The van der Waals surface area contributed by atoms with Gasteiger partial charge in [0.2, 0.25) is 0 Å². The Labute approximate surface area is 221 Å². The number of hydrogen-bond donors (Lipinski definition) is 2. The van der Waals surface area contributed by atoms with E-state index in [0.29, 0.717) is 62.2 Å². The highest BCUT2D eigenvalue weighted by molar-refractivity contribution is 7.21. The quantitative estimate of drug-likeness (QED) is 0.265. The zero-order chi connectivity index (χ0) is 26.9. The molecule has 0 bridgehead atoms. The van der Waals surface area contributed by atoms with Crippen LogP contribution in [0, 0.1) is 27.7 Å². The largest absolute Gasteiger partial charge is 0.461 e. The van der Waals surface area contributed by atoms with E-state index < -0.39 is 0 Å². The number of benzene rings is 1. The molecule has 0 aliphatic rings. The van der Waals surface area contributed by atoms with E-state index in [1.54, 1.807) is 6.92 Å². The Bertz CT molecular complexity index is 1480. The number of anilines is 2. The first-order chi connectivity index (χ1) is 17.7. The Hall–Kier alpha value is -3.65. The zero-order valence-corrected chi connectivity index (χ0v) is 23.1. The minimum Gasteiger partial charge on any atom is -0.461 e. The lowest BCUT2D eigenvalue weighted by molar-refractivity contribution is 0.0768. The number of pyridine rings is 1. The molecule has 0 saturated heterocycles. The smallest absolute Gasteiger partial charge is 0.266 e. The van der Waals surface area contributed by atoms with Gasteiger partial charge in [-0.25, -0.2) is 4.98 Å². The Balaban J connectivity index is 1.90. The Morgan fingerprint density at radius 3 is 2.49 bits per heavy atom. The fourth-order valence-electron chi connectivity index (χ4n) is 4.55. The number of aryl methyl sites for hydroxylation is 4. The molecule has 0 saturated carbocycles. The summed E-state index contributed by atoms with van der Waals surface area (Å²) >= 11 is 1.27. The molecule has 3 aromatic heterocycles. The van der Waals surface area contributed by atoms with E-state index in [9.17, 15) is 9.59 Å². The first-order valence-corrected chi connectivity index (χ1v) is 13.4. The third kappa shape index (κ3) is 5.11. The standard InChI is InChI=1S/C29H34N4O3S/c1-7-9-14-33(8-2)29(35)26-25(30)24-23(21-13-11-18(5)36-21)22(19(6)31-28(24)37-26)27(34)32-20-12-10-16(3)15-17(20)4/h10-13,15H,7-9,14,30H2,1-6H3,(H,32,34). The van der Waals surface area contributed by atoms with Gasteiger partial charge in [0.25, 0.3) is 11.8 Å². The number of fused-ring (bicyclic) bond motifs is 1. The predicted molar refractivity (Wildman–Crippen MR) is 152 cm³/mol. The lowest BCUT2D eigenvalue weighted by Crippen LogP contribution is -2.31. The molecule has 0 radical (unpaired) electrons. The topological polar surface area (TPSA) is 101 Å². The number of thiophene rings is 1. The summed E-state index contributed by atoms with van der Waals surface area (Å²) in [7, 11) is 0. The highest BCUT2D eigenvalue weighted by Gasteiger charge is 2.29. The maximum atomic E-state index is 13.7. The SMILES string of the molecule is CCCCN(CC)C(=O)c1sc2nc(C)c(C(=O)Nc3ccc(C)cc3C)c(-c3ccc(C)o3)c2c1N. The van der Waals surface area contributed by atoms with Gasteiger partial charge < -0.3 is 20.4 Å². The van der Waals surface area contributed by atoms with Gasteiger partial charge in [-0.05, 0) is 64.8 Å². The summed E-state index contributed by atoms with van der Waals surface area (Å²) in [6, 6.07) is 9.55. The minimum atomic E-state index is -0.306. The first-order valence-electron chi connectivity index (χ1n) is 12.6. The number of nitrogens with one attached hydrogen (secondary N) is 1. The van der Waals surface area contributed by atoms with Crippen molar-refractivity contribution in [3.05, 3.63) is 63.4 Å². The van der Waals surface area contributed by atoms with E-state index in [-0.39, 0.29) is 11.8 Å². The van der Waals surface area contributed by atoms with Crippen LogP contribution < -0.4 is 11.1 Å². The molecule has 4 rings (SSSR count). The number of carbonyl (C=O) groups excluding carboxylic acids is 2. The van der Waals surface area contributed by atoms with Gasteiger partial charge in [-0.1, -0.05) is 31.0 Å². The van der Waals surface area contributed by atoms with Crippen LogP contribution in [0.3, 0.4) is 0 Å². The minimum absolute atomic E-state index is 0.114. The van der Waals surface area contributed by atoms with Gasteiger partial charge in [0.05, 0.1) is 16.9 Å². The van der Waals surface area contributed by atoms with Crippen LogP contribution >= 0.6 is 11.3 Å². The van der Waals surface area contributed by atoms with Crippen LogP contribution in [0.15, 0.2) is 34.7 Å². The van der Waals surface area contributed by atoms with Gasteiger partial charge in [-0.15, -0.1) is 11.3 Å². The number of nitrogens with zero attached hydrogens (tertiary/aromatic N) is 2. The third-order valence-corrected chi connectivity index (χ3v) is 7.63. The summed E-state index contributed by atoms with van der Waals surface area (Å²) in [6.07, 6.45) is 1.91. The van der Waals surface area contributed by atoms with Gasteiger partial charge in [0.15, 0.2) is 0 Å². The van der Waals surface area contributed by atoms with Crippen LogP contribution in [0.4, 0.5) is 11.4 Å². The number of carbonyl (C=O) groups is 2. The fourth-order valence-corrected chi connectivity index (χ4v) is 5.67. The van der Waals surface area contributed by atoms with Crippen molar-refractivity contribution in [2.24, 2.45) is 0 Å². The average Bonchev–Trinajstić information content (AvgIpc) is 3.43. The number of rotatable bonds is 8. The molecule has 0 aliphatic heterocycles. The van der Waals surface area contributed by atoms with Gasteiger partial charge in [0.1, 0.15) is 21.2 Å². The van der Waals surface area contributed by atoms with Crippen molar-refractivity contribution in [1.29, 1.82) is 0 Å². The fraction of sp³-hybridized carbons (Fsp3) is 0.345. The van der Waals surface area contributed by atoms with Crippen molar-refractivity contribution < 1.29 is 14.0 Å². The summed E-state index contributed by atoms with van der Waals surface area (Å²) in [6.45, 7) is 12.9. The van der Waals surface area contributed by atoms with Crippen molar-refractivity contribution in [1.82, 2.24) is 9.88 Å². The number of hydrogen-bond acceptors (Lipinski definition) is 6. The van der Waals surface area contributed by atoms with E-state index in [2.05, 4.69) is 12.2 Å². The molecule has 4 aromatic rings. The van der Waals surface area contributed by atoms with Gasteiger partial charge in [0, 0.05) is 29.7 Å². The van der Waals surface area contributed by atoms with E-state index in [4.69, 9.17) is 15.1 Å². The van der Waals surface area contributed by atoms with E-state index in [1.807, 2.05) is 62.9 Å². The highest BCUT2D eigenvalue weighted by atomic mass is 32.1. The number of aromatic nitrogens is 1. The van der Waals surface area contributed by atoms with E-state index >= 15 is 0 Å². The lowest BCUT2D eigenvalue weighted by Gasteiger charge is -2.20. The number of nitrogens with two attached hydrogens (primary N) is 1. The predicted octanol–water partition coefficient (Wildman–Crippen LogP) is 6.89. The van der Waals surface area contributed by atoms with E-state index in [0.717, 1.165) is 29.7 Å². The molecule has 0 unspecified atom stereocenters. The molecule has 0 aliphatic carbocycles. The van der Waals surface area contributed by atoms with E-state index in [1.165, 1.54) is 11.3 Å². The Kier molecular flexibility index (Phi) is 7.68. The lowest BCUT2D eigenvalue weighted by atomic mass is 9.98. The van der Waals surface area contributed by atoms with Crippen molar-refractivity contribution >= 4 is 44.7 Å². The molecule has 0 atom stereocenters. The Morgan fingerprint density at radius 1 is 1.11 bits per heavy atom. The van der Waals surface area contributed by atoms with Crippen molar-refractivity contribution in [2.45, 2.75) is 54.4 Å². The molecule has 0 spiro atoms. The second kappa shape index (κ2) is 10.8. The first kappa shape index (κ1) is 26.4. The summed E-state index contributed by atoms with van der Waals surface area (Å²) in [5.74, 6) is 0.803. The maximum Gasteiger partial charge on any atom is 0.266 e. The summed E-state index contributed by atoms with van der Waals surface area (Å²) in [5.41, 5.74) is 11.3. The summed E-state index contributed by atoms with van der Waals surface area (Å²) < 4.78 is 6.01. The zero-order valence-electron chi connectivity index (χ0n) is 22.3. The van der Waals surface area contributed by atoms with Crippen LogP contribution in [0.5, 0.6) is 0 Å². The van der Waals surface area contributed by atoms with Crippen molar-refractivity contribution in [3.63, 3.8) is 0 Å². The van der Waals surface area contributed by atoms with Crippen LogP contribution in [0.2, 0.25) is 0 Å². The molecule has 3 N–H and O–H groups in total. The number of amides is 2. The molecule has 3 heterocycles.